The lowest BCUT2D eigenvalue weighted by Gasteiger charge is -2.32. The summed E-state index contributed by atoms with van der Waals surface area (Å²) in [5.41, 5.74) is 9.40. The lowest BCUT2D eigenvalue weighted by molar-refractivity contribution is 0.00578. The number of hydrogen-bond donors (Lipinski definition) is 0. The number of pyridine rings is 2. The third kappa shape index (κ3) is 5.52. The summed E-state index contributed by atoms with van der Waals surface area (Å²) in [6.07, 6.45) is 7.49. The van der Waals surface area contributed by atoms with Gasteiger partial charge in [-0.15, -0.1) is 0 Å². The van der Waals surface area contributed by atoms with Crippen LogP contribution >= 0.6 is 0 Å². The largest absolute Gasteiger partial charge is 0.494 e. The van der Waals surface area contributed by atoms with E-state index in [4.69, 9.17) is 9.31 Å². The summed E-state index contributed by atoms with van der Waals surface area (Å²) in [5, 5.41) is 4.65. The Kier molecular flexibility index (Phi) is 7.05. The molecular weight excluding hydrogens is 575 g/mol. The van der Waals surface area contributed by atoms with Crippen LogP contribution in [0.2, 0.25) is 0 Å². The van der Waals surface area contributed by atoms with Gasteiger partial charge in [-0.05, 0) is 119 Å². The number of aromatic nitrogens is 2. The molecule has 47 heavy (non-hydrogen) atoms. The fourth-order valence-corrected chi connectivity index (χ4v) is 6.34. The highest BCUT2D eigenvalue weighted by molar-refractivity contribution is 6.62. The van der Waals surface area contributed by atoms with E-state index in [0.717, 1.165) is 38.5 Å². The summed E-state index contributed by atoms with van der Waals surface area (Å²) < 4.78 is 13.0. The van der Waals surface area contributed by atoms with Gasteiger partial charge in [0.05, 0.1) is 11.2 Å². The smallest absolute Gasteiger partial charge is 0.399 e. The highest BCUT2D eigenvalue weighted by atomic mass is 16.7. The van der Waals surface area contributed by atoms with E-state index in [-0.39, 0.29) is 0 Å². The van der Waals surface area contributed by atoms with Crippen molar-refractivity contribution >= 4 is 34.1 Å². The maximum absolute atomic E-state index is 6.52. The van der Waals surface area contributed by atoms with Gasteiger partial charge in [0.1, 0.15) is 0 Å². The Balaban J connectivity index is 1.16. The molecule has 0 atom stereocenters. The van der Waals surface area contributed by atoms with Crippen molar-refractivity contribution < 1.29 is 9.31 Å². The first-order valence-electron chi connectivity index (χ1n) is 16.1. The lowest BCUT2D eigenvalue weighted by atomic mass is 9.76. The summed E-state index contributed by atoms with van der Waals surface area (Å²) in [4.78, 5) is 8.50. The van der Waals surface area contributed by atoms with Crippen LogP contribution in [-0.4, -0.2) is 28.3 Å². The first kappa shape index (κ1) is 29.3. The SMILES string of the molecule is CC1(C)OB(c2cc(-c3ccc(-c4ccc5cnccc5c4)cc3)cc(-c3ccc(-c4ccc5cnccc5c4)cc3)c2)OC1(C)C. The third-order valence-electron chi connectivity index (χ3n) is 9.87. The molecule has 0 N–H and O–H groups in total. The number of nitrogens with zero attached hydrogens (tertiary/aromatic N) is 2. The lowest BCUT2D eigenvalue weighted by Crippen LogP contribution is -2.41. The molecule has 1 aliphatic rings. The number of hydrogen-bond acceptors (Lipinski definition) is 4. The molecule has 0 bridgehead atoms. The summed E-state index contributed by atoms with van der Waals surface area (Å²) >= 11 is 0. The Morgan fingerprint density at radius 1 is 0.404 bits per heavy atom. The second-order valence-electron chi connectivity index (χ2n) is 13.5. The van der Waals surface area contributed by atoms with Crippen LogP contribution < -0.4 is 5.46 Å². The molecule has 0 spiro atoms. The van der Waals surface area contributed by atoms with Crippen LogP contribution in [-0.2, 0) is 9.31 Å². The molecule has 0 unspecified atom stereocenters. The molecule has 0 amide bonds. The van der Waals surface area contributed by atoms with E-state index in [0.29, 0.717) is 0 Å². The van der Waals surface area contributed by atoms with Crippen molar-refractivity contribution in [2.45, 2.75) is 38.9 Å². The average Bonchev–Trinajstić information content (AvgIpc) is 3.33. The van der Waals surface area contributed by atoms with Gasteiger partial charge in [0.25, 0.3) is 0 Å². The molecule has 1 fully saturated rings. The van der Waals surface area contributed by atoms with Gasteiger partial charge in [-0.3, -0.25) is 9.97 Å². The highest BCUT2D eigenvalue weighted by Gasteiger charge is 2.51. The molecular formula is C42H35BN2O2. The summed E-state index contributed by atoms with van der Waals surface area (Å²) in [6, 6.07) is 41.5. The maximum Gasteiger partial charge on any atom is 0.494 e. The molecule has 4 nitrogen and oxygen atoms in total. The van der Waals surface area contributed by atoms with Crippen LogP contribution in [0, 0.1) is 0 Å². The average molecular weight is 611 g/mol. The second-order valence-corrected chi connectivity index (χ2v) is 13.5. The predicted molar refractivity (Wildman–Crippen MR) is 195 cm³/mol. The molecule has 5 aromatic carbocycles. The Hall–Kier alpha value is -5.10. The second kappa shape index (κ2) is 11.3. The minimum atomic E-state index is -0.462. The minimum Gasteiger partial charge on any atom is -0.399 e. The van der Waals surface area contributed by atoms with E-state index in [1.165, 1.54) is 33.0 Å². The summed E-state index contributed by atoms with van der Waals surface area (Å²) in [7, 11) is -0.462. The zero-order valence-corrected chi connectivity index (χ0v) is 27.1. The summed E-state index contributed by atoms with van der Waals surface area (Å²) in [6.45, 7) is 8.40. The fraction of sp³-hybridized carbons (Fsp3) is 0.143. The number of fused-ring (bicyclic) bond motifs is 2. The Labute approximate surface area is 276 Å². The molecule has 0 saturated carbocycles. The monoisotopic (exact) mass is 610 g/mol. The third-order valence-corrected chi connectivity index (χ3v) is 9.87. The van der Waals surface area contributed by atoms with Crippen LogP contribution in [0.1, 0.15) is 27.7 Å². The van der Waals surface area contributed by atoms with Gasteiger partial charge in [0.15, 0.2) is 0 Å². The summed E-state index contributed by atoms with van der Waals surface area (Å²) in [5.74, 6) is 0. The van der Waals surface area contributed by atoms with Gasteiger partial charge in [-0.1, -0.05) is 84.9 Å². The van der Waals surface area contributed by atoms with Crippen molar-refractivity contribution in [1.82, 2.24) is 9.97 Å². The van der Waals surface area contributed by atoms with Crippen molar-refractivity contribution in [1.29, 1.82) is 0 Å². The van der Waals surface area contributed by atoms with Crippen molar-refractivity contribution in [3.8, 4) is 44.5 Å². The molecule has 5 heteroatoms. The van der Waals surface area contributed by atoms with E-state index in [1.807, 2.05) is 24.8 Å². The molecule has 3 heterocycles. The first-order chi connectivity index (χ1) is 22.7. The van der Waals surface area contributed by atoms with Crippen LogP contribution in [0.15, 0.2) is 140 Å². The first-order valence-corrected chi connectivity index (χ1v) is 16.1. The normalized spacial score (nSPS) is 15.4. The molecule has 1 aliphatic heterocycles. The molecule has 0 aliphatic carbocycles. The molecule has 8 rings (SSSR count). The van der Waals surface area contributed by atoms with Gasteiger partial charge < -0.3 is 9.31 Å². The standard InChI is InChI=1S/C42H35BN2O2/c1-41(2)42(3,4)47-43(46-41)40-24-38(30-9-5-28(6-10-30)32-13-15-36-26-44-19-17-34(36)21-32)23-39(25-40)31-11-7-29(8-12-31)33-14-16-37-27-45-20-18-35(37)22-33/h5-27H,1-4H3. The van der Waals surface area contributed by atoms with Crippen molar-refractivity contribution in [2.24, 2.45) is 0 Å². The zero-order valence-electron chi connectivity index (χ0n) is 27.1. The van der Waals surface area contributed by atoms with Gasteiger partial charge in [-0.2, -0.15) is 0 Å². The van der Waals surface area contributed by atoms with Gasteiger partial charge >= 0.3 is 7.12 Å². The number of rotatable bonds is 5. The predicted octanol–water partition coefficient (Wildman–Crippen LogP) is 9.75. The highest BCUT2D eigenvalue weighted by Crippen LogP contribution is 2.38. The van der Waals surface area contributed by atoms with Gasteiger partial charge in [-0.25, -0.2) is 0 Å². The molecule has 2 aromatic heterocycles. The van der Waals surface area contributed by atoms with E-state index >= 15 is 0 Å². The Morgan fingerprint density at radius 2 is 0.787 bits per heavy atom. The zero-order chi connectivity index (χ0) is 32.2. The Morgan fingerprint density at radius 3 is 1.21 bits per heavy atom. The maximum atomic E-state index is 6.52. The van der Waals surface area contributed by atoms with E-state index < -0.39 is 18.3 Å². The van der Waals surface area contributed by atoms with Crippen LogP contribution in [0.3, 0.4) is 0 Å². The Bertz CT molecular complexity index is 2100. The van der Waals surface area contributed by atoms with Crippen molar-refractivity contribution in [3.63, 3.8) is 0 Å². The molecule has 7 aromatic rings. The van der Waals surface area contributed by atoms with Crippen molar-refractivity contribution in [2.75, 3.05) is 0 Å². The topological polar surface area (TPSA) is 44.2 Å². The molecule has 228 valence electrons. The van der Waals surface area contributed by atoms with Crippen LogP contribution in [0.25, 0.3) is 66.1 Å². The van der Waals surface area contributed by atoms with Gasteiger partial charge in [0.2, 0.25) is 0 Å². The van der Waals surface area contributed by atoms with Crippen LogP contribution in [0.4, 0.5) is 0 Å². The number of benzene rings is 5. The van der Waals surface area contributed by atoms with E-state index in [9.17, 15) is 0 Å². The van der Waals surface area contributed by atoms with Gasteiger partial charge in [0, 0.05) is 35.6 Å². The van der Waals surface area contributed by atoms with Crippen molar-refractivity contribution in [3.05, 3.63) is 140 Å². The van der Waals surface area contributed by atoms with E-state index in [1.54, 1.807) is 0 Å². The molecule has 0 radical (unpaired) electrons. The fourth-order valence-electron chi connectivity index (χ4n) is 6.34. The minimum absolute atomic E-state index is 0.428. The van der Waals surface area contributed by atoms with E-state index in [2.05, 4.69) is 153 Å². The molecule has 1 saturated heterocycles. The van der Waals surface area contributed by atoms with Crippen LogP contribution in [0.5, 0.6) is 0 Å². The quantitative estimate of drug-likeness (QED) is 0.182.